The fraction of sp³-hybridized carbons (Fsp3) is 0.200. The Kier molecular flexibility index (Phi) is 4.54. The van der Waals surface area contributed by atoms with E-state index in [2.05, 4.69) is 15.9 Å². The molecule has 2 N–H and O–H groups in total. The summed E-state index contributed by atoms with van der Waals surface area (Å²) in [6, 6.07) is 1.63. The van der Waals surface area contributed by atoms with Crippen LogP contribution in [0.15, 0.2) is 16.6 Å². The summed E-state index contributed by atoms with van der Waals surface area (Å²) in [6.45, 7) is -0.423. The number of nitrogens with two attached hydrogens (primary N) is 1. The normalized spacial score (nSPS) is 10.1. The second kappa shape index (κ2) is 5.74. The summed E-state index contributed by atoms with van der Waals surface area (Å²) in [5.41, 5.74) is 3.90. The highest BCUT2D eigenvalue weighted by molar-refractivity contribution is 9.10. The van der Waals surface area contributed by atoms with Crippen molar-refractivity contribution in [2.75, 3.05) is 13.6 Å². The summed E-state index contributed by atoms with van der Waals surface area (Å²) >= 11 is 2.80. The molecule has 0 aliphatic carbocycles. The number of amides is 2. The highest BCUT2D eigenvalue weighted by atomic mass is 79.9. The Labute approximate surface area is 115 Å². The molecule has 0 heterocycles. The Morgan fingerprint density at radius 2 is 2.11 bits per heavy atom. The summed E-state index contributed by atoms with van der Waals surface area (Å²) in [6.07, 6.45) is 0. The maximum atomic E-state index is 13.4. The third kappa shape index (κ3) is 3.47. The van der Waals surface area contributed by atoms with Crippen LogP contribution in [0.1, 0.15) is 10.4 Å². The van der Waals surface area contributed by atoms with Crippen molar-refractivity contribution in [1.29, 1.82) is 0 Å². The van der Waals surface area contributed by atoms with Gasteiger partial charge in [0.05, 0.1) is 15.9 Å². The molecule has 1 aromatic carbocycles. The van der Waals surface area contributed by atoms with E-state index in [1.807, 2.05) is 0 Å². The summed E-state index contributed by atoms with van der Waals surface area (Å²) < 4.78 is 13.2. The highest BCUT2D eigenvalue weighted by Crippen LogP contribution is 2.27. The summed E-state index contributed by atoms with van der Waals surface area (Å²) in [5, 5.41) is 10.8. The monoisotopic (exact) mass is 333 g/mol. The first-order valence-corrected chi connectivity index (χ1v) is 5.70. The van der Waals surface area contributed by atoms with Crippen molar-refractivity contribution in [3.63, 3.8) is 0 Å². The second-order valence-electron chi connectivity index (χ2n) is 3.67. The minimum absolute atomic E-state index is 0.131. The van der Waals surface area contributed by atoms with Crippen LogP contribution in [0.5, 0.6) is 0 Å². The number of hydrogen-bond donors (Lipinski definition) is 1. The third-order valence-corrected chi connectivity index (χ3v) is 2.81. The van der Waals surface area contributed by atoms with Gasteiger partial charge in [-0.1, -0.05) is 0 Å². The van der Waals surface area contributed by atoms with Crippen molar-refractivity contribution in [2.45, 2.75) is 0 Å². The molecule has 1 aromatic rings. The Morgan fingerprint density at radius 3 is 2.58 bits per heavy atom. The average Bonchev–Trinajstić information content (AvgIpc) is 2.29. The molecule has 0 saturated carbocycles. The number of nitro benzene ring substituents is 1. The Bertz CT molecular complexity index is 564. The number of nitrogens with zero attached hydrogens (tertiary/aromatic N) is 2. The van der Waals surface area contributed by atoms with Gasteiger partial charge in [0.15, 0.2) is 0 Å². The van der Waals surface area contributed by atoms with E-state index in [1.54, 1.807) is 0 Å². The topological polar surface area (TPSA) is 107 Å². The van der Waals surface area contributed by atoms with Crippen molar-refractivity contribution in [3.05, 3.63) is 38.1 Å². The molecule has 0 saturated heterocycles. The molecule has 0 aliphatic heterocycles. The predicted molar refractivity (Wildman–Crippen MR) is 66.9 cm³/mol. The molecule has 9 heteroatoms. The number of benzene rings is 1. The molecule has 0 aliphatic rings. The first-order chi connectivity index (χ1) is 8.73. The maximum absolute atomic E-state index is 13.4. The number of halogens is 2. The maximum Gasteiger partial charge on any atom is 0.283 e. The molecule has 19 heavy (non-hydrogen) atoms. The fourth-order valence-corrected chi connectivity index (χ4v) is 1.70. The number of nitro groups is 1. The zero-order chi connectivity index (χ0) is 14.7. The van der Waals surface area contributed by atoms with Crippen molar-refractivity contribution in [1.82, 2.24) is 4.90 Å². The number of hydrogen-bond acceptors (Lipinski definition) is 4. The van der Waals surface area contributed by atoms with Crippen molar-refractivity contribution in [2.24, 2.45) is 5.73 Å². The second-order valence-corrected chi connectivity index (χ2v) is 4.52. The van der Waals surface area contributed by atoms with E-state index in [0.29, 0.717) is 0 Å². The minimum atomic E-state index is -0.864. The van der Waals surface area contributed by atoms with E-state index in [9.17, 15) is 24.1 Å². The summed E-state index contributed by atoms with van der Waals surface area (Å²) in [5.74, 6) is -2.46. The zero-order valence-electron chi connectivity index (χ0n) is 9.72. The minimum Gasteiger partial charge on any atom is -0.368 e. The van der Waals surface area contributed by atoms with Gasteiger partial charge in [-0.05, 0) is 22.0 Å². The lowest BCUT2D eigenvalue weighted by molar-refractivity contribution is -0.385. The van der Waals surface area contributed by atoms with Gasteiger partial charge in [0, 0.05) is 13.1 Å². The molecule has 0 bridgehead atoms. The van der Waals surface area contributed by atoms with E-state index in [1.165, 1.54) is 7.05 Å². The van der Waals surface area contributed by atoms with Gasteiger partial charge < -0.3 is 10.6 Å². The van der Waals surface area contributed by atoms with E-state index in [0.717, 1.165) is 17.0 Å². The lowest BCUT2D eigenvalue weighted by Crippen LogP contribution is -2.35. The molecular formula is C10H9BrFN3O4. The van der Waals surface area contributed by atoms with Gasteiger partial charge in [-0.25, -0.2) is 4.39 Å². The van der Waals surface area contributed by atoms with Crippen LogP contribution < -0.4 is 5.73 Å². The largest absolute Gasteiger partial charge is 0.368 e. The van der Waals surface area contributed by atoms with Crippen molar-refractivity contribution in [3.8, 4) is 0 Å². The number of rotatable bonds is 4. The third-order valence-electron chi connectivity index (χ3n) is 2.21. The van der Waals surface area contributed by atoms with Gasteiger partial charge in [0.25, 0.3) is 11.6 Å². The predicted octanol–water partition coefficient (Wildman–Crippen LogP) is 1.05. The number of carbonyl (C=O) groups is 2. The first kappa shape index (κ1) is 15.0. The van der Waals surface area contributed by atoms with E-state index in [-0.39, 0.29) is 4.47 Å². The quantitative estimate of drug-likeness (QED) is 0.656. The lowest BCUT2D eigenvalue weighted by Gasteiger charge is -2.15. The van der Waals surface area contributed by atoms with Crippen molar-refractivity contribution >= 4 is 33.4 Å². The van der Waals surface area contributed by atoms with Crippen LogP contribution in [-0.4, -0.2) is 35.2 Å². The molecule has 0 radical (unpaired) electrons. The van der Waals surface area contributed by atoms with Crippen LogP contribution >= 0.6 is 15.9 Å². The molecule has 1 rings (SSSR count). The van der Waals surface area contributed by atoms with Crippen LogP contribution in [0.2, 0.25) is 0 Å². The van der Waals surface area contributed by atoms with E-state index < -0.39 is 40.4 Å². The van der Waals surface area contributed by atoms with E-state index in [4.69, 9.17) is 5.73 Å². The van der Waals surface area contributed by atoms with Crippen LogP contribution in [0.25, 0.3) is 0 Å². The smallest absolute Gasteiger partial charge is 0.283 e. The molecule has 0 atom stereocenters. The molecule has 0 fully saturated rings. The average molecular weight is 334 g/mol. The molecule has 0 spiro atoms. The number of likely N-dealkylation sites (N-methyl/N-ethyl adjacent to an activating group) is 1. The van der Waals surface area contributed by atoms with Crippen LogP contribution in [0, 0.1) is 15.9 Å². The molecule has 102 valence electrons. The molecular weight excluding hydrogens is 325 g/mol. The van der Waals surface area contributed by atoms with Gasteiger partial charge in [0.2, 0.25) is 5.91 Å². The van der Waals surface area contributed by atoms with Gasteiger partial charge in [-0.3, -0.25) is 19.7 Å². The Balaban J connectivity index is 3.25. The standard InChI is InChI=1S/C10H9BrFN3O4/c1-14(4-9(13)16)10(17)5-2-7(12)6(11)3-8(5)15(18)19/h2-3H,4H2,1H3,(H2,13,16). The lowest BCUT2D eigenvalue weighted by atomic mass is 10.1. The Hall–Kier alpha value is -2.03. The first-order valence-electron chi connectivity index (χ1n) is 4.91. The van der Waals surface area contributed by atoms with Crippen LogP contribution in [-0.2, 0) is 4.79 Å². The van der Waals surface area contributed by atoms with Crippen LogP contribution in [0.3, 0.4) is 0 Å². The SMILES string of the molecule is CN(CC(N)=O)C(=O)c1cc(F)c(Br)cc1[N+](=O)[O-]. The number of primary amides is 1. The zero-order valence-corrected chi connectivity index (χ0v) is 11.3. The highest BCUT2D eigenvalue weighted by Gasteiger charge is 2.25. The fourth-order valence-electron chi connectivity index (χ4n) is 1.37. The Morgan fingerprint density at radius 1 is 1.53 bits per heavy atom. The van der Waals surface area contributed by atoms with Gasteiger partial charge >= 0.3 is 0 Å². The van der Waals surface area contributed by atoms with Crippen molar-refractivity contribution < 1.29 is 18.9 Å². The molecule has 7 nitrogen and oxygen atoms in total. The van der Waals surface area contributed by atoms with Gasteiger partial charge in [-0.15, -0.1) is 0 Å². The molecule has 0 unspecified atom stereocenters. The molecule has 0 aromatic heterocycles. The van der Waals surface area contributed by atoms with Gasteiger partial charge in [-0.2, -0.15) is 0 Å². The van der Waals surface area contributed by atoms with Crippen LogP contribution in [0.4, 0.5) is 10.1 Å². The summed E-state index contributed by atoms with van der Waals surface area (Å²) in [7, 11) is 1.23. The van der Waals surface area contributed by atoms with E-state index >= 15 is 0 Å². The summed E-state index contributed by atoms with van der Waals surface area (Å²) in [4.78, 5) is 33.5. The molecule has 2 amide bonds. The van der Waals surface area contributed by atoms with Gasteiger partial charge in [0.1, 0.15) is 11.4 Å². The number of carbonyl (C=O) groups excluding carboxylic acids is 2.